The molecule has 106 valence electrons. The Hall–Kier alpha value is -2.08. The third-order valence-electron chi connectivity index (χ3n) is 3.05. The van der Waals surface area contributed by atoms with Crippen LogP contribution in [0.2, 0.25) is 5.02 Å². The second kappa shape index (κ2) is 5.92. The molecule has 0 bridgehead atoms. The van der Waals surface area contributed by atoms with Gasteiger partial charge in [-0.25, -0.2) is 4.79 Å². The van der Waals surface area contributed by atoms with E-state index in [1.807, 2.05) is 0 Å². The van der Waals surface area contributed by atoms with Crippen LogP contribution in [0.5, 0.6) is 0 Å². The molecule has 0 spiro atoms. The number of benzene rings is 1. The minimum Gasteiger partial charge on any atom is -0.478 e. The lowest BCUT2D eigenvalue weighted by atomic mass is 9.98. The summed E-state index contributed by atoms with van der Waals surface area (Å²) < 4.78 is 0. The van der Waals surface area contributed by atoms with Gasteiger partial charge in [-0.15, -0.1) is 0 Å². The van der Waals surface area contributed by atoms with Crippen molar-refractivity contribution < 1.29 is 19.5 Å². The van der Waals surface area contributed by atoms with E-state index in [4.69, 9.17) is 16.7 Å². The summed E-state index contributed by atoms with van der Waals surface area (Å²) in [5.74, 6) is -1.76. The normalized spacial score (nSPS) is 18.2. The fourth-order valence-corrected chi connectivity index (χ4v) is 2.22. The van der Waals surface area contributed by atoms with Crippen molar-refractivity contribution >= 4 is 35.1 Å². The first-order chi connectivity index (χ1) is 9.45. The molecule has 1 unspecified atom stereocenters. The molecule has 1 aliphatic heterocycles. The lowest BCUT2D eigenvalue weighted by Crippen LogP contribution is -2.40. The van der Waals surface area contributed by atoms with E-state index in [0.717, 1.165) is 0 Å². The van der Waals surface area contributed by atoms with Crippen LogP contribution in [0.25, 0.3) is 0 Å². The summed E-state index contributed by atoms with van der Waals surface area (Å²) in [6, 6.07) is 4.13. The highest BCUT2D eigenvalue weighted by molar-refractivity contribution is 6.31. The first-order valence-corrected chi connectivity index (χ1v) is 6.45. The Kier molecular flexibility index (Phi) is 4.24. The number of hydrogen-bond acceptors (Lipinski definition) is 3. The molecule has 3 N–H and O–H groups in total. The molecule has 1 saturated heterocycles. The summed E-state index contributed by atoms with van der Waals surface area (Å²) >= 11 is 5.81. The molecular weight excluding hydrogens is 284 g/mol. The SMILES string of the molecule is O=C1CCC(C(=O)Nc2cc(Cl)cc(C(=O)O)c2)CN1. The van der Waals surface area contributed by atoms with Crippen molar-refractivity contribution in [2.45, 2.75) is 12.8 Å². The number of carbonyl (C=O) groups is 3. The highest BCUT2D eigenvalue weighted by Crippen LogP contribution is 2.21. The molecule has 1 fully saturated rings. The molecular formula is C13H13ClN2O4. The van der Waals surface area contributed by atoms with Gasteiger partial charge in [0.1, 0.15) is 0 Å². The number of carboxylic acid groups (broad SMARTS) is 1. The second-order valence-corrected chi connectivity index (χ2v) is 5.00. The standard InChI is InChI=1S/C13H13ClN2O4/c14-9-3-8(13(19)20)4-10(5-9)16-12(18)7-1-2-11(17)15-6-7/h3-5,7H,1-2,6H2,(H,15,17)(H,16,18)(H,19,20). The molecule has 0 aromatic heterocycles. The summed E-state index contributed by atoms with van der Waals surface area (Å²) in [7, 11) is 0. The van der Waals surface area contributed by atoms with Crippen molar-refractivity contribution in [1.82, 2.24) is 5.32 Å². The lowest BCUT2D eigenvalue weighted by Gasteiger charge is -2.21. The number of hydrogen-bond donors (Lipinski definition) is 3. The second-order valence-electron chi connectivity index (χ2n) is 4.56. The average molecular weight is 297 g/mol. The summed E-state index contributed by atoms with van der Waals surface area (Å²) in [6.45, 7) is 0.289. The van der Waals surface area contributed by atoms with Gasteiger partial charge < -0.3 is 15.7 Å². The molecule has 2 rings (SSSR count). The number of rotatable bonds is 3. The molecule has 0 saturated carbocycles. The zero-order valence-corrected chi connectivity index (χ0v) is 11.2. The van der Waals surface area contributed by atoms with E-state index in [1.165, 1.54) is 18.2 Å². The fraction of sp³-hybridized carbons (Fsp3) is 0.308. The van der Waals surface area contributed by atoms with Crippen molar-refractivity contribution in [3.05, 3.63) is 28.8 Å². The summed E-state index contributed by atoms with van der Waals surface area (Å²) in [4.78, 5) is 34.0. The Labute approximate surface area is 120 Å². The number of amides is 2. The number of anilines is 1. The largest absolute Gasteiger partial charge is 0.478 e. The third-order valence-corrected chi connectivity index (χ3v) is 3.27. The third kappa shape index (κ3) is 3.48. The van der Waals surface area contributed by atoms with Crippen LogP contribution in [-0.4, -0.2) is 29.4 Å². The van der Waals surface area contributed by atoms with Crippen molar-refractivity contribution in [2.75, 3.05) is 11.9 Å². The maximum absolute atomic E-state index is 12.0. The zero-order valence-electron chi connectivity index (χ0n) is 10.5. The smallest absolute Gasteiger partial charge is 0.335 e. The van der Waals surface area contributed by atoms with Gasteiger partial charge >= 0.3 is 5.97 Å². The molecule has 1 aromatic rings. The molecule has 2 amide bonds. The Morgan fingerprint density at radius 1 is 1.35 bits per heavy atom. The average Bonchev–Trinajstić information content (AvgIpc) is 2.38. The number of aromatic carboxylic acids is 1. The fourth-order valence-electron chi connectivity index (χ4n) is 1.99. The van der Waals surface area contributed by atoms with Crippen molar-refractivity contribution in [1.29, 1.82) is 0 Å². The first kappa shape index (κ1) is 14.3. The van der Waals surface area contributed by atoms with E-state index in [9.17, 15) is 14.4 Å². The Balaban J connectivity index is 2.07. The van der Waals surface area contributed by atoms with E-state index in [-0.39, 0.29) is 34.9 Å². The maximum Gasteiger partial charge on any atom is 0.335 e. The molecule has 1 atom stereocenters. The van der Waals surface area contributed by atoms with Gasteiger partial charge in [-0.3, -0.25) is 9.59 Å². The molecule has 7 heteroatoms. The number of carbonyl (C=O) groups excluding carboxylic acids is 2. The van der Waals surface area contributed by atoms with Gasteiger partial charge in [-0.1, -0.05) is 11.6 Å². The molecule has 20 heavy (non-hydrogen) atoms. The van der Waals surface area contributed by atoms with Crippen molar-refractivity contribution in [2.24, 2.45) is 5.92 Å². The Morgan fingerprint density at radius 3 is 2.70 bits per heavy atom. The molecule has 1 heterocycles. The quantitative estimate of drug-likeness (QED) is 0.787. The van der Waals surface area contributed by atoms with Gasteiger partial charge in [-0.2, -0.15) is 0 Å². The maximum atomic E-state index is 12.0. The Bertz CT molecular complexity index is 563. The van der Waals surface area contributed by atoms with Crippen LogP contribution < -0.4 is 10.6 Å². The highest BCUT2D eigenvalue weighted by atomic mass is 35.5. The number of carboxylic acids is 1. The molecule has 0 radical (unpaired) electrons. The molecule has 6 nitrogen and oxygen atoms in total. The van der Waals surface area contributed by atoms with Crippen molar-refractivity contribution in [3.8, 4) is 0 Å². The minimum absolute atomic E-state index is 0.00440. The number of nitrogens with one attached hydrogen (secondary N) is 2. The van der Waals surface area contributed by atoms with E-state index < -0.39 is 5.97 Å². The van der Waals surface area contributed by atoms with E-state index >= 15 is 0 Å². The van der Waals surface area contributed by atoms with Crippen LogP contribution in [-0.2, 0) is 9.59 Å². The van der Waals surface area contributed by atoms with E-state index in [0.29, 0.717) is 18.5 Å². The Morgan fingerprint density at radius 2 is 2.10 bits per heavy atom. The van der Waals surface area contributed by atoms with Gasteiger partial charge in [0.15, 0.2) is 0 Å². The van der Waals surface area contributed by atoms with E-state index in [1.54, 1.807) is 0 Å². The highest BCUT2D eigenvalue weighted by Gasteiger charge is 2.24. The number of halogens is 1. The van der Waals surface area contributed by atoms with Crippen LogP contribution in [0.3, 0.4) is 0 Å². The van der Waals surface area contributed by atoms with Crippen LogP contribution in [0.15, 0.2) is 18.2 Å². The molecule has 0 aliphatic carbocycles. The topological polar surface area (TPSA) is 95.5 Å². The summed E-state index contributed by atoms with van der Waals surface area (Å²) in [5, 5.41) is 14.4. The summed E-state index contributed by atoms with van der Waals surface area (Å²) in [6.07, 6.45) is 0.790. The minimum atomic E-state index is -1.12. The predicted molar refractivity (Wildman–Crippen MR) is 72.8 cm³/mol. The monoisotopic (exact) mass is 296 g/mol. The van der Waals surface area contributed by atoms with Gasteiger partial charge in [0, 0.05) is 23.7 Å². The van der Waals surface area contributed by atoms with Crippen LogP contribution in [0.4, 0.5) is 5.69 Å². The molecule has 1 aromatic carbocycles. The molecule has 1 aliphatic rings. The first-order valence-electron chi connectivity index (χ1n) is 6.07. The van der Waals surface area contributed by atoms with Crippen LogP contribution in [0, 0.1) is 5.92 Å². The lowest BCUT2D eigenvalue weighted by molar-refractivity contribution is -0.126. The van der Waals surface area contributed by atoms with Gasteiger partial charge in [0.2, 0.25) is 11.8 Å². The van der Waals surface area contributed by atoms with Crippen molar-refractivity contribution in [3.63, 3.8) is 0 Å². The summed E-state index contributed by atoms with van der Waals surface area (Å²) in [5.41, 5.74) is 0.335. The van der Waals surface area contributed by atoms with Crippen LogP contribution >= 0.6 is 11.6 Å². The van der Waals surface area contributed by atoms with E-state index in [2.05, 4.69) is 10.6 Å². The predicted octanol–water partition coefficient (Wildman–Crippen LogP) is 1.50. The zero-order chi connectivity index (χ0) is 14.7. The van der Waals surface area contributed by atoms with Crippen LogP contribution in [0.1, 0.15) is 23.2 Å². The van der Waals surface area contributed by atoms with Gasteiger partial charge in [0.25, 0.3) is 0 Å². The number of piperidine rings is 1. The van der Waals surface area contributed by atoms with Gasteiger partial charge in [0.05, 0.1) is 11.5 Å². The van der Waals surface area contributed by atoms with Gasteiger partial charge in [-0.05, 0) is 24.6 Å².